The van der Waals surface area contributed by atoms with Crippen LogP contribution in [-0.2, 0) is 6.54 Å². The number of carbonyl (C=O) groups is 1. The molecule has 0 fully saturated rings. The highest BCUT2D eigenvalue weighted by Gasteiger charge is 2.15. The van der Waals surface area contributed by atoms with E-state index in [0.29, 0.717) is 5.75 Å². The number of aliphatic hydroxyl groups excluding tert-OH is 1. The van der Waals surface area contributed by atoms with Crippen LogP contribution in [0.4, 0.5) is 4.79 Å². The van der Waals surface area contributed by atoms with Gasteiger partial charge in [0, 0.05) is 29.8 Å². The zero-order valence-corrected chi connectivity index (χ0v) is 16.5. The zero-order valence-electron chi connectivity index (χ0n) is 16.5. The Morgan fingerprint density at radius 1 is 1.32 bits per heavy atom. The van der Waals surface area contributed by atoms with Gasteiger partial charge in [0.05, 0.1) is 30.1 Å². The van der Waals surface area contributed by atoms with E-state index in [1.165, 1.54) is 0 Å². The fraction of sp³-hybridized carbons (Fsp3) is 0.381. The van der Waals surface area contributed by atoms with Crippen molar-refractivity contribution < 1.29 is 14.6 Å². The molecule has 7 nitrogen and oxygen atoms in total. The molecular weight excluding hydrogens is 356 g/mol. The van der Waals surface area contributed by atoms with Crippen LogP contribution < -0.4 is 10.1 Å². The van der Waals surface area contributed by atoms with Crippen molar-refractivity contribution in [1.29, 1.82) is 0 Å². The third-order valence-electron chi connectivity index (χ3n) is 4.50. The second-order valence-electron chi connectivity index (χ2n) is 6.96. The van der Waals surface area contributed by atoms with Crippen LogP contribution in [-0.4, -0.2) is 38.6 Å². The highest BCUT2D eigenvalue weighted by molar-refractivity contribution is 5.95. The highest BCUT2D eigenvalue weighted by atomic mass is 16.6. The molecule has 0 spiro atoms. The number of hydrogen-bond donors (Lipinski definition) is 2. The second-order valence-corrected chi connectivity index (χ2v) is 6.96. The van der Waals surface area contributed by atoms with Gasteiger partial charge in [-0.3, -0.25) is 9.67 Å². The van der Waals surface area contributed by atoms with Gasteiger partial charge in [-0.25, -0.2) is 4.79 Å². The fourth-order valence-corrected chi connectivity index (χ4v) is 2.92. The standard InChI is InChI=1S/C21H26N4O3/c1-4-5-8-25-20-10-16(28-21(27)24-15(3)13-26)9-17(18(20)12-23-25)19-7-6-14(2)11-22-19/h6-7,9-12,15,26H,4-5,8,13H2,1-3H3,(H,24,27)/t15-/m0/s1. The van der Waals surface area contributed by atoms with E-state index in [-0.39, 0.29) is 12.6 Å². The third-order valence-corrected chi connectivity index (χ3v) is 4.50. The van der Waals surface area contributed by atoms with Crippen molar-refractivity contribution in [3.05, 3.63) is 42.2 Å². The Balaban J connectivity index is 2.03. The molecule has 1 atom stereocenters. The molecule has 3 aromatic rings. The number of fused-ring (bicyclic) bond motifs is 1. The first kappa shape index (κ1) is 19.8. The van der Waals surface area contributed by atoms with Gasteiger partial charge in [-0.2, -0.15) is 5.10 Å². The van der Waals surface area contributed by atoms with Crippen molar-refractivity contribution >= 4 is 17.0 Å². The molecule has 0 saturated heterocycles. The van der Waals surface area contributed by atoms with E-state index in [1.54, 1.807) is 13.0 Å². The van der Waals surface area contributed by atoms with Crippen molar-refractivity contribution in [2.45, 2.75) is 46.2 Å². The van der Waals surface area contributed by atoms with Crippen molar-refractivity contribution in [2.24, 2.45) is 0 Å². The number of aliphatic hydroxyl groups is 1. The lowest BCUT2D eigenvalue weighted by molar-refractivity contribution is 0.186. The maximum absolute atomic E-state index is 12.1. The number of carbonyl (C=O) groups excluding carboxylic acids is 1. The summed E-state index contributed by atoms with van der Waals surface area (Å²) in [5.74, 6) is 0.408. The van der Waals surface area contributed by atoms with E-state index >= 15 is 0 Å². The van der Waals surface area contributed by atoms with Crippen molar-refractivity contribution in [3.63, 3.8) is 0 Å². The molecule has 0 aliphatic carbocycles. The van der Waals surface area contributed by atoms with Gasteiger partial charge in [-0.15, -0.1) is 0 Å². The molecule has 0 unspecified atom stereocenters. The summed E-state index contributed by atoms with van der Waals surface area (Å²) in [5.41, 5.74) is 3.62. The number of unbranched alkanes of at least 4 members (excludes halogenated alkanes) is 1. The van der Waals surface area contributed by atoms with E-state index in [2.05, 4.69) is 22.3 Å². The minimum Gasteiger partial charge on any atom is -0.410 e. The number of benzene rings is 1. The Morgan fingerprint density at radius 3 is 2.82 bits per heavy atom. The molecule has 0 bridgehead atoms. The van der Waals surface area contributed by atoms with Crippen LogP contribution in [0.25, 0.3) is 22.2 Å². The van der Waals surface area contributed by atoms with E-state index < -0.39 is 6.09 Å². The van der Waals surface area contributed by atoms with Gasteiger partial charge in [-0.05, 0) is 38.0 Å². The van der Waals surface area contributed by atoms with Gasteiger partial charge < -0.3 is 15.2 Å². The van der Waals surface area contributed by atoms with Gasteiger partial charge in [0.15, 0.2) is 0 Å². The normalized spacial score (nSPS) is 12.1. The number of nitrogens with zero attached hydrogens (tertiary/aromatic N) is 3. The van der Waals surface area contributed by atoms with Gasteiger partial charge in [-0.1, -0.05) is 19.4 Å². The molecule has 3 rings (SSSR count). The number of ether oxygens (including phenoxy) is 1. The smallest absolute Gasteiger partial charge is 0.410 e. The summed E-state index contributed by atoms with van der Waals surface area (Å²) < 4.78 is 7.41. The first-order valence-electron chi connectivity index (χ1n) is 9.53. The summed E-state index contributed by atoms with van der Waals surface area (Å²) in [6.45, 7) is 6.45. The van der Waals surface area contributed by atoms with Crippen LogP contribution in [0.1, 0.15) is 32.3 Å². The Labute approximate surface area is 164 Å². The molecule has 148 valence electrons. The maximum Gasteiger partial charge on any atom is 0.412 e. The van der Waals surface area contributed by atoms with Crippen LogP contribution in [0.3, 0.4) is 0 Å². The second kappa shape index (κ2) is 8.84. The average molecular weight is 382 g/mol. The van der Waals surface area contributed by atoms with Gasteiger partial charge >= 0.3 is 6.09 Å². The van der Waals surface area contributed by atoms with Crippen LogP contribution in [0, 0.1) is 6.92 Å². The quantitative estimate of drug-likeness (QED) is 0.651. The first-order valence-corrected chi connectivity index (χ1v) is 9.53. The summed E-state index contributed by atoms with van der Waals surface area (Å²) in [5, 5.41) is 17.2. The maximum atomic E-state index is 12.1. The number of aromatic nitrogens is 3. The van der Waals surface area contributed by atoms with Crippen LogP contribution >= 0.6 is 0 Å². The molecule has 0 aliphatic heterocycles. The summed E-state index contributed by atoms with van der Waals surface area (Å²) >= 11 is 0. The van der Waals surface area contributed by atoms with Crippen LogP contribution in [0.15, 0.2) is 36.7 Å². The van der Waals surface area contributed by atoms with Gasteiger partial charge in [0.2, 0.25) is 0 Å². The topological polar surface area (TPSA) is 89.3 Å². The average Bonchev–Trinajstić information content (AvgIpc) is 3.09. The van der Waals surface area contributed by atoms with Crippen LogP contribution in [0.2, 0.25) is 0 Å². The third kappa shape index (κ3) is 4.48. The van der Waals surface area contributed by atoms with E-state index in [0.717, 1.165) is 47.1 Å². The highest BCUT2D eigenvalue weighted by Crippen LogP contribution is 2.32. The molecule has 2 heterocycles. The molecule has 0 aliphatic rings. The Morgan fingerprint density at radius 2 is 2.14 bits per heavy atom. The molecule has 1 aromatic carbocycles. The number of nitrogens with one attached hydrogen (secondary N) is 1. The molecule has 7 heteroatoms. The lowest BCUT2D eigenvalue weighted by Crippen LogP contribution is -2.37. The van der Waals surface area contributed by atoms with E-state index in [9.17, 15) is 4.79 Å². The molecule has 0 saturated carbocycles. The summed E-state index contributed by atoms with van der Waals surface area (Å²) in [7, 11) is 0. The summed E-state index contributed by atoms with van der Waals surface area (Å²) in [6.07, 6.45) is 5.11. The largest absolute Gasteiger partial charge is 0.412 e. The molecule has 2 N–H and O–H groups in total. The lowest BCUT2D eigenvalue weighted by Gasteiger charge is -2.13. The first-order chi connectivity index (χ1) is 13.5. The molecule has 1 amide bonds. The number of hydrogen-bond acceptors (Lipinski definition) is 5. The number of aryl methyl sites for hydroxylation is 2. The van der Waals surface area contributed by atoms with Gasteiger partial charge in [0.1, 0.15) is 5.75 Å². The summed E-state index contributed by atoms with van der Waals surface area (Å²) in [4.78, 5) is 16.6. The minimum absolute atomic E-state index is 0.156. The molecule has 28 heavy (non-hydrogen) atoms. The SMILES string of the molecule is CCCCn1ncc2c(-c3ccc(C)cn3)cc(OC(=O)N[C@@H](C)CO)cc21. The van der Waals surface area contributed by atoms with Crippen molar-refractivity contribution in [1.82, 2.24) is 20.1 Å². The minimum atomic E-state index is -0.608. The number of pyridine rings is 1. The Bertz CT molecular complexity index is 950. The van der Waals surface area contributed by atoms with E-state index in [4.69, 9.17) is 9.84 Å². The predicted molar refractivity (Wildman–Crippen MR) is 108 cm³/mol. The molecular formula is C21H26N4O3. The van der Waals surface area contributed by atoms with Crippen molar-refractivity contribution in [2.75, 3.05) is 6.61 Å². The molecule has 2 aromatic heterocycles. The monoisotopic (exact) mass is 382 g/mol. The zero-order chi connectivity index (χ0) is 20.1. The Hall–Kier alpha value is -2.93. The molecule has 0 radical (unpaired) electrons. The number of rotatable bonds is 7. The van der Waals surface area contributed by atoms with Crippen molar-refractivity contribution in [3.8, 4) is 17.0 Å². The van der Waals surface area contributed by atoms with E-state index in [1.807, 2.05) is 42.2 Å². The number of amides is 1. The fourth-order valence-electron chi connectivity index (χ4n) is 2.92. The van der Waals surface area contributed by atoms with Gasteiger partial charge in [0.25, 0.3) is 0 Å². The lowest BCUT2D eigenvalue weighted by atomic mass is 10.1. The van der Waals surface area contributed by atoms with Crippen LogP contribution in [0.5, 0.6) is 5.75 Å². The Kier molecular flexibility index (Phi) is 6.26. The predicted octanol–water partition coefficient (Wildman–Crippen LogP) is 3.68. The summed E-state index contributed by atoms with van der Waals surface area (Å²) in [6, 6.07) is 7.18.